The van der Waals surface area contributed by atoms with E-state index in [1.54, 1.807) is 18.2 Å². The van der Waals surface area contributed by atoms with Crippen LogP contribution in [0.15, 0.2) is 101 Å². The Kier molecular flexibility index (Phi) is 7.07. The topological polar surface area (TPSA) is 100 Å². The molecule has 0 aliphatic heterocycles. The van der Waals surface area contributed by atoms with Gasteiger partial charge in [0.1, 0.15) is 11.5 Å². The van der Waals surface area contributed by atoms with Crippen LogP contribution in [0.2, 0.25) is 10.0 Å². The molecule has 3 N–H and O–H groups in total. The van der Waals surface area contributed by atoms with Crippen LogP contribution in [0.1, 0.15) is 5.76 Å². The molecule has 3 aromatic carbocycles. The Bertz CT molecular complexity index is 1430. The van der Waals surface area contributed by atoms with Crippen LogP contribution >= 0.6 is 23.2 Å². The molecule has 2 aromatic heterocycles. The lowest BCUT2D eigenvalue weighted by Gasteiger charge is -2.10. The van der Waals surface area contributed by atoms with Gasteiger partial charge in [-0.15, -0.1) is 0 Å². The number of furan rings is 1. The van der Waals surface area contributed by atoms with Crippen molar-refractivity contribution in [1.82, 2.24) is 15.0 Å². The van der Waals surface area contributed by atoms with E-state index in [0.29, 0.717) is 33.5 Å². The van der Waals surface area contributed by atoms with Crippen molar-refractivity contribution in [3.63, 3.8) is 0 Å². The zero-order chi connectivity index (χ0) is 24.7. The maximum absolute atomic E-state index is 6.11. The van der Waals surface area contributed by atoms with Gasteiger partial charge < -0.3 is 15.1 Å². The number of hydrazone groups is 1. The number of halogens is 2. The second kappa shape index (κ2) is 10.9. The molecule has 5 aromatic rings. The molecule has 36 heavy (non-hydrogen) atoms. The third-order valence-corrected chi connectivity index (χ3v) is 5.62. The first-order valence-electron chi connectivity index (χ1n) is 10.9. The van der Waals surface area contributed by atoms with Crippen LogP contribution < -0.4 is 16.1 Å². The van der Waals surface area contributed by atoms with Crippen LogP contribution in [-0.4, -0.2) is 21.2 Å². The van der Waals surface area contributed by atoms with Crippen molar-refractivity contribution in [3.05, 3.63) is 107 Å². The fraction of sp³-hybridized carbons (Fsp3) is 0. The molecule has 0 unspecified atom stereocenters. The van der Waals surface area contributed by atoms with Gasteiger partial charge in [0.25, 0.3) is 0 Å². The number of para-hydroxylation sites is 2. The third-order valence-electron chi connectivity index (χ3n) is 4.88. The zero-order valence-corrected chi connectivity index (χ0v) is 20.2. The van der Waals surface area contributed by atoms with Crippen LogP contribution in [-0.2, 0) is 0 Å². The maximum Gasteiger partial charge on any atom is 0.250 e. The highest BCUT2D eigenvalue weighted by atomic mass is 35.5. The number of nitrogens with one attached hydrogen (secondary N) is 3. The zero-order valence-electron chi connectivity index (χ0n) is 18.7. The largest absolute Gasteiger partial charge is 0.455 e. The smallest absolute Gasteiger partial charge is 0.250 e. The quantitative estimate of drug-likeness (QED) is 0.146. The molecule has 8 nitrogen and oxygen atoms in total. The molecule has 2 heterocycles. The Morgan fingerprint density at radius 3 is 1.89 bits per heavy atom. The lowest BCUT2D eigenvalue weighted by molar-refractivity contribution is 0.575. The van der Waals surface area contributed by atoms with Crippen LogP contribution in [0.25, 0.3) is 11.3 Å². The first kappa shape index (κ1) is 23.3. The summed E-state index contributed by atoms with van der Waals surface area (Å²) in [4.78, 5) is 13.3. The predicted molar refractivity (Wildman–Crippen MR) is 145 cm³/mol. The highest BCUT2D eigenvalue weighted by Crippen LogP contribution is 2.29. The number of hydrogen-bond acceptors (Lipinski definition) is 8. The van der Waals surface area contributed by atoms with E-state index in [0.717, 1.165) is 16.9 Å². The molecule has 0 spiro atoms. The Balaban J connectivity index is 1.34. The summed E-state index contributed by atoms with van der Waals surface area (Å²) >= 11 is 12.1. The standard InChI is InChI=1S/C26H19Cl2N7O/c27-21-13-11-17(15-22(21)28)23-14-12-20(36-23)16-29-35-26-33-24(30-18-7-3-1-4-8-18)32-25(34-26)31-19-9-5-2-6-10-19/h1-16H,(H3,30,31,32,33,34,35)/b29-16-. The lowest BCUT2D eigenvalue weighted by atomic mass is 10.2. The van der Waals surface area contributed by atoms with Crippen LogP contribution in [0, 0.1) is 0 Å². The SMILES string of the molecule is Clc1ccc(-c2ccc(/C=N\Nc3nc(Nc4ccccc4)nc(Nc4ccccc4)n3)o2)cc1Cl. The molecule has 0 aliphatic rings. The van der Waals surface area contributed by atoms with E-state index in [2.05, 4.69) is 36.1 Å². The molecule has 0 saturated carbocycles. The lowest BCUT2D eigenvalue weighted by Crippen LogP contribution is -2.07. The number of aromatic nitrogens is 3. The van der Waals surface area contributed by atoms with Crippen LogP contribution in [0.5, 0.6) is 0 Å². The van der Waals surface area contributed by atoms with Gasteiger partial charge >= 0.3 is 0 Å². The Morgan fingerprint density at radius 2 is 1.28 bits per heavy atom. The fourth-order valence-electron chi connectivity index (χ4n) is 3.22. The van der Waals surface area contributed by atoms with Crippen molar-refractivity contribution >= 4 is 58.6 Å². The molecular weight excluding hydrogens is 497 g/mol. The van der Waals surface area contributed by atoms with Crippen LogP contribution in [0.3, 0.4) is 0 Å². The molecule has 0 bridgehead atoms. The summed E-state index contributed by atoms with van der Waals surface area (Å²) in [7, 11) is 0. The van der Waals surface area contributed by atoms with Crippen molar-refractivity contribution in [2.45, 2.75) is 0 Å². The summed E-state index contributed by atoms with van der Waals surface area (Å²) in [5, 5.41) is 11.5. The predicted octanol–water partition coefficient (Wildman–Crippen LogP) is 7.37. The van der Waals surface area contributed by atoms with Gasteiger partial charge in [-0.1, -0.05) is 59.6 Å². The normalized spacial score (nSPS) is 10.9. The molecule has 0 saturated heterocycles. The van der Waals surface area contributed by atoms with Gasteiger partial charge in [0, 0.05) is 16.9 Å². The van der Waals surface area contributed by atoms with E-state index in [4.69, 9.17) is 27.6 Å². The van der Waals surface area contributed by atoms with E-state index in [9.17, 15) is 0 Å². The molecule has 178 valence electrons. The van der Waals surface area contributed by atoms with Crippen LogP contribution in [0.4, 0.5) is 29.2 Å². The second-order valence-corrected chi connectivity index (χ2v) is 8.30. The second-order valence-electron chi connectivity index (χ2n) is 7.49. The molecule has 0 amide bonds. The van der Waals surface area contributed by atoms with Gasteiger partial charge in [-0.3, -0.25) is 0 Å². The first-order valence-corrected chi connectivity index (χ1v) is 11.6. The van der Waals surface area contributed by atoms with Crippen molar-refractivity contribution in [1.29, 1.82) is 0 Å². The summed E-state index contributed by atoms with van der Waals surface area (Å²) in [5.41, 5.74) is 5.33. The third kappa shape index (κ3) is 5.99. The molecule has 0 atom stereocenters. The van der Waals surface area contributed by atoms with Gasteiger partial charge in [-0.2, -0.15) is 20.1 Å². The van der Waals surface area contributed by atoms with E-state index < -0.39 is 0 Å². The summed E-state index contributed by atoms with van der Waals surface area (Å²) in [6.07, 6.45) is 1.53. The van der Waals surface area contributed by atoms with Gasteiger partial charge in [0.2, 0.25) is 17.8 Å². The molecule has 0 fully saturated rings. The van der Waals surface area contributed by atoms with E-state index in [-0.39, 0.29) is 5.95 Å². The molecule has 0 aliphatic carbocycles. The minimum atomic E-state index is 0.245. The van der Waals surface area contributed by atoms with E-state index in [1.165, 1.54) is 6.21 Å². The van der Waals surface area contributed by atoms with Gasteiger partial charge in [0.05, 0.1) is 16.3 Å². The van der Waals surface area contributed by atoms with Gasteiger partial charge in [-0.25, -0.2) is 5.43 Å². The highest BCUT2D eigenvalue weighted by molar-refractivity contribution is 6.42. The molecular formula is C26H19Cl2N7O. The Morgan fingerprint density at radius 1 is 0.667 bits per heavy atom. The first-order chi connectivity index (χ1) is 17.6. The Hall–Kier alpha value is -4.40. The fourth-order valence-corrected chi connectivity index (χ4v) is 3.52. The van der Waals surface area contributed by atoms with Crippen molar-refractivity contribution in [3.8, 4) is 11.3 Å². The molecule has 5 rings (SSSR count). The van der Waals surface area contributed by atoms with E-state index >= 15 is 0 Å². The number of anilines is 5. The van der Waals surface area contributed by atoms with Crippen molar-refractivity contribution in [2.75, 3.05) is 16.1 Å². The minimum Gasteiger partial charge on any atom is -0.455 e. The summed E-state index contributed by atoms with van der Waals surface area (Å²) in [5.74, 6) is 2.12. The monoisotopic (exact) mass is 515 g/mol. The minimum absolute atomic E-state index is 0.245. The van der Waals surface area contributed by atoms with Crippen molar-refractivity contribution in [2.24, 2.45) is 5.10 Å². The van der Waals surface area contributed by atoms with Crippen molar-refractivity contribution < 1.29 is 4.42 Å². The number of hydrogen-bond donors (Lipinski definition) is 3. The number of nitrogens with zero attached hydrogens (tertiary/aromatic N) is 4. The Labute approximate surface area is 217 Å². The summed E-state index contributed by atoms with van der Waals surface area (Å²) < 4.78 is 5.84. The van der Waals surface area contributed by atoms with E-state index in [1.807, 2.05) is 72.8 Å². The number of rotatable bonds is 8. The number of benzene rings is 3. The highest BCUT2D eigenvalue weighted by Gasteiger charge is 2.09. The van der Waals surface area contributed by atoms with Gasteiger partial charge in [-0.05, 0) is 54.6 Å². The summed E-state index contributed by atoms with van der Waals surface area (Å²) in [6, 6.07) is 28.2. The van der Waals surface area contributed by atoms with Gasteiger partial charge in [0.15, 0.2) is 0 Å². The average molecular weight is 516 g/mol. The average Bonchev–Trinajstić information content (AvgIpc) is 3.36. The molecule has 10 heteroatoms. The maximum atomic E-state index is 6.11. The summed E-state index contributed by atoms with van der Waals surface area (Å²) in [6.45, 7) is 0. The molecule has 0 radical (unpaired) electrons.